The molecule has 0 saturated carbocycles. The van der Waals surface area contributed by atoms with E-state index in [0.717, 1.165) is 4.47 Å². The fraction of sp³-hybridized carbons (Fsp3) is 0. The third kappa shape index (κ3) is 4.11. The van der Waals surface area contributed by atoms with E-state index in [2.05, 4.69) is 26.5 Å². The summed E-state index contributed by atoms with van der Waals surface area (Å²) in [6.45, 7) is 0. The molecule has 1 amide bonds. The molecule has 5 nitrogen and oxygen atoms in total. The third-order valence-electron chi connectivity index (χ3n) is 2.63. The van der Waals surface area contributed by atoms with Crippen molar-refractivity contribution >= 4 is 62.2 Å². The van der Waals surface area contributed by atoms with Gasteiger partial charge in [-0.15, -0.1) is 0 Å². The lowest BCUT2D eigenvalue weighted by molar-refractivity contribution is 0.0952. The molecule has 0 atom stereocenters. The monoisotopic (exact) mass is 494 g/mol. The molecule has 3 N–H and O–H groups in total. The Morgan fingerprint density at radius 2 is 2.05 bits per heavy atom. The number of amides is 1. The van der Waals surface area contributed by atoms with Crippen LogP contribution in [0, 0.1) is 3.57 Å². The highest BCUT2D eigenvalue weighted by atomic mass is 127. The number of halogens is 3. The topological polar surface area (TPSA) is 81.9 Å². The Morgan fingerprint density at radius 3 is 2.77 bits per heavy atom. The van der Waals surface area contributed by atoms with Crippen LogP contribution >= 0.6 is 50.1 Å². The van der Waals surface area contributed by atoms with Gasteiger partial charge in [0, 0.05) is 15.1 Å². The van der Waals surface area contributed by atoms with Crippen LogP contribution in [-0.2, 0) is 0 Å². The first-order valence-electron chi connectivity index (χ1n) is 5.88. The summed E-state index contributed by atoms with van der Waals surface area (Å²) in [5.41, 5.74) is 2.72. The van der Waals surface area contributed by atoms with Crippen LogP contribution in [0.1, 0.15) is 15.9 Å². The molecule has 2 aromatic rings. The minimum atomic E-state index is -0.611. The van der Waals surface area contributed by atoms with Crippen LogP contribution in [0.25, 0.3) is 0 Å². The van der Waals surface area contributed by atoms with Crippen molar-refractivity contribution in [2.75, 3.05) is 0 Å². The third-order valence-corrected chi connectivity index (χ3v) is 4.15. The zero-order valence-electron chi connectivity index (χ0n) is 10.8. The van der Waals surface area contributed by atoms with E-state index in [9.17, 15) is 15.0 Å². The summed E-state index contributed by atoms with van der Waals surface area (Å²) >= 11 is 11.1. The standard InChI is InChI=1S/C14H9BrClIN2O3/c15-8-3-7(13(21)11(17)4-8)6-18-19-14(22)10-5-9(16)1-2-12(10)20/h1-6,20-21H,(H,19,22)/b18-6-. The van der Waals surface area contributed by atoms with Crippen molar-refractivity contribution in [2.45, 2.75) is 0 Å². The summed E-state index contributed by atoms with van der Waals surface area (Å²) in [6, 6.07) is 7.53. The Hall–Kier alpha value is -1.32. The van der Waals surface area contributed by atoms with Gasteiger partial charge in [0.25, 0.3) is 5.91 Å². The Labute approximate surface area is 153 Å². The molecule has 0 bridgehead atoms. The maximum Gasteiger partial charge on any atom is 0.275 e. The highest BCUT2D eigenvalue weighted by Crippen LogP contribution is 2.27. The Kier molecular flexibility index (Phi) is 5.65. The Bertz CT molecular complexity index is 768. The predicted molar refractivity (Wildman–Crippen MR) is 96.7 cm³/mol. The molecular weight excluding hydrogens is 486 g/mol. The van der Waals surface area contributed by atoms with Crippen LogP contribution in [0.5, 0.6) is 11.5 Å². The zero-order chi connectivity index (χ0) is 16.3. The fourth-order valence-corrected chi connectivity index (χ4v) is 3.32. The maximum atomic E-state index is 11.9. The average Bonchev–Trinajstić information content (AvgIpc) is 2.46. The molecule has 2 rings (SSSR count). The number of rotatable bonds is 3. The number of hydrogen-bond donors (Lipinski definition) is 3. The van der Waals surface area contributed by atoms with Gasteiger partial charge in [-0.2, -0.15) is 5.10 Å². The second-order valence-electron chi connectivity index (χ2n) is 4.19. The molecule has 0 aliphatic carbocycles. The molecule has 0 aromatic heterocycles. The molecular formula is C14H9BrClIN2O3. The second-order valence-corrected chi connectivity index (χ2v) is 6.70. The van der Waals surface area contributed by atoms with Gasteiger partial charge in [-0.25, -0.2) is 5.43 Å². The van der Waals surface area contributed by atoms with Crippen LogP contribution < -0.4 is 5.43 Å². The molecule has 114 valence electrons. The minimum absolute atomic E-state index is 0.0118. The van der Waals surface area contributed by atoms with Crippen LogP contribution in [0.4, 0.5) is 0 Å². The number of hydrogen-bond acceptors (Lipinski definition) is 4. The van der Waals surface area contributed by atoms with Crippen LogP contribution in [-0.4, -0.2) is 22.3 Å². The zero-order valence-corrected chi connectivity index (χ0v) is 15.3. The lowest BCUT2D eigenvalue weighted by atomic mass is 10.2. The highest BCUT2D eigenvalue weighted by Gasteiger charge is 2.11. The summed E-state index contributed by atoms with van der Waals surface area (Å²) in [5.74, 6) is -0.746. The van der Waals surface area contributed by atoms with Gasteiger partial charge < -0.3 is 10.2 Å². The van der Waals surface area contributed by atoms with Crippen molar-refractivity contribution < 1.29 is 15.0 Å². The maximum absolute atomic E-state index is 11.9. The van der Waals surface area contributed by atoms with Gasteiger partial charge in [0.2, 0.25) is 0 Å². The van der Waals surface area contributed by atoms with Gasteiger partial charge in [-0.3, -0.25) is 4.79 Å². The number of benzene rings is 2. The largest absolute Gasteiger partial charge is 0.507 e. The summed E-state index contributed by atoms with van der Waals surface area (Å²) in [4.78, 5) is 11.9. The number of phenolic OH excluding ortho intramolecular Hbond substituents is 2. The first-order valence-corrected chi connectivity index (χ1v) is 8.13. The van der Waals surface area contributed by atoms with Gasteiger partial charge in [0.1, 0.15) is 11.5 Å². The summed E-state index contributed by atoms with van der Waals surface area (Å²) in [7, 11) is 0. The Balaban J connectivity index is 2.16. The normalized spacial score (nSPS) is 10.9. The molecule has 0 saturated heterocycles. The van der Waals surface area contributed by atoms with Crippen molar-refractivity contribution in [3.63, 3.8) is 0 Å². The van der Waals surface area contributed by atoms with E-state index in [1.165, 1.54) is 24.4 Å². The molecule has 0 aliphatic rings. The van der Waals surface area contributed by atoms with Crippen molar-refractivity contribution in [1.82, 2.24) is 5.43 Å². The molecule has 0 unspecified atom stereocenters. The van der Waals surface area contributed by atoms with E-state index < -0.39 is 5.91 Å². The molecule has 22 heavy (non-hydrogen) atoms. The molecule has 2 aromatic carbocycles. The highest BCUT2D eigenvalue weighted by molar-refractivity contribution is 14.1. The van der Waals surface area contributed by atoms with Gasteiger partial charge in [-0.1, -0.05) is 27.5 Å². The van der Waals surface area contributed by atoms with E-state index in [1.54, 1.807) is 12.1 Å². The van der Waals surface area contributed by atoms with Crippen molar-refractivity contribution in [2.24, 2.45) is 5.10 Å². The summed E-state index contributed by atoms with van der Waals surface area (Å²) < 4.78 is 1.42. The van der Waals surface area contributed by atoms with E-state index in [0.29, 0.717) is 14.2 Å². The summed E-state index contributed by atoms with van der Waals surface area (Å²) in [6.07, 6.45) is 1.31. The number of hydrazone groups is 1. The first kappa shape index (κ1) is 17.0. The van der Waals surface area contributed by atoms with E-state index in [-0.39, 0.29) is 17.1 Å². The van der Waals surface area contributed by atoms with Crippen molar-refractivity contribution in [3.8, 4) is 11.5 Å². The molecule has 0 spiro atoms. The van der Waals surface area contributed by atoms with Gasteiger partial charge >= 0.3 is 0 Å². The second kappa shape index (κ2) is 7.30. The van der Waals surface area contributed by atoms with Gasteiger partial charge in [-0.05, 0) is 52.9 Å². The van der Waals surface area contributed by atoms with Gasteiger partial charge in [0.15, 0.2) is 0 Å². The van der Waals surface area contributed by atoms with Crippen LogP contribution in [0.15, 0.2) is 39.9 Å². The molecule has 0 radical (unpaired) electrons. The van der Waals surface area contributed by atoms with Crippen LogP contribution in [0.3, 0.4) is 0 Å². The first-order chi connectivity index (χ1) is 10.4. The lowest BCUT2D eigenvalue weighted by Gasteiger charge is -2.04. The molecule has 0 fully saturated rings. The number of carbonyl (C=O) groups is 1. The SMILES string of the molecule is O=C(N/N=C\c1cc(Br)cc(I)c1O)c1cc(Cl)ccc1O. The fourth-order valence-electron chi connectivity index (χ4n) is 1.60. The van der Waals surface area contributed by atoms with Crippen LogP contribution in [0.2, 0.25) is 5.02 Å². The number of carbonyl (C=O) groups excluding carboxylic acids is 1. The number of nitrogens with one attached hydrogen (secondary N) is 1. The molecule has 0 aliphatic heterocycles. The smallest absolute Gasteiger partial charge is 0.275 e. The van der Waals surface area contributed by atoms with Crippen molar-refractivity contribution in [3.05, 3.63) is 54.5 Å². The predicted octanol–water partition coefficient (Wildman–Crippen LogP) is 3.88. The number of nitrogens with zero attached hydrogens (tertiary/aromatic N) is 1. The lowest BCUT2D eigenvalue weighted by Crippen LogP contribution is -2.17. The summed E-state index contributed by atoms with van der Waals surface area (Å²) in [5, 5.41) is 23.6. The average molecular weight is 495 g/mol. The number of phenols is 2. The van der Waals surface area contributed by atoms with E-state index in [4.69, 9.17) is 11.6 Å². The van der Waals surface area contributed by atoms with Crippen molar-refractivity contribution in [1.29, 1.82) is 0 Å². The molecule has 8 heteroatoms. The van der Waals surface area contributed by atoms with E-state index >= 15 is 0 Å². The minimum Gasteiger partial charge on any atom is -0.507 e. The van der Waals surface area contributed by atoms with Gasteiger partial charge in [0.05, 0.1) is 15.3 Å². The van der Waals surface area contributed by atoms with E-state index in [1.807, 2.05) is 22.6 Å². The molecule has 0 heterocycles. The quantitative estimate of drug-likeness (QED) is 0.344. The number of aromatic hydroxyl groups is 2. The Morgan fingerprint density at radius 1 is 1.32 bits per heavy atom.